The van der Waals surface area contributed by atoms with Crippen LogP contribution in [0.1, 0.15) is 41.2 Å². The van der Waals surface area contributed by atoms with Crippen molar-refractivity contribution >= 4 is 11.9 Å². The Morgan fingerprint density at radius 3 is 2.83 bits per heavy atom. The Balaban J connectivity index is 1.47. The Morgan fingerprint density at radius 2 is 1.97 bits per heavy atom. The van der Waals surface area contributed by atoms with Gasteiger partial charge in [0.2, 0.25) is 0 Å². The molecule has 2 aliphatic heterocycles. The molecule has 150 valence electrons. The van der Waals surface area contributed by atoms with Gasteiger partial charge in [-0.3, -0.25) is 9.69 Å². The van der Waals surface area contributed by atoms with Crippen LogP contribution in [-0.4, -0.2) is 23.6 Å². The monoisotopic (exact) mass is 396 g/mol. The summed E-state index contributed by atoms with van der Waals surface area (Å²) in [7, 11) is 0. The SMILES string of the molecule is CC1(c2ccc3c(c2)CCC3)NC(=O)N(Cc2cc(F)cc3c2OCOC3)C1=O. The molecule has 0 saturated carbocycles. The quantitative estimate of drug-likeness (QED) is 0.810. The molecule has 29 heavy (non-hydrogen) atoms. The van der Waals surface area contributed by atoms with E-state index < -0.39 is 17.4 Å². The van der Waals surface area contributed by atoms with E-state index in [0.717, 1.165) is 29.7 Å². The molecule has 3 aliphatic rings. The van der Waals surface area contributed by atoms with Gasteiger partial charge in [-0.25, -0.2) is 9.18 Å². The van der Waals surface area contributed by atoms with Gasteiger partial charge in [0.25, 0.3) is 5.91 Å². The lowest BCUT2D eigenvalue weighted by Crippen LogP contribution is -2.41. The number of carbonyl (C=O) groups is 2. The fraction of sp³-hybridized carbons (Fsp3) is 0.364. The first-order valence-electron chi connectivity index (χ1n) is 9.74. The predicted molar refractivity (Wildman–Crippen MR) is 102 cm³/mol. The van der Waals surface area contributed by atoms with Gasteiger partial charge >= 0.3 is 6.03 Å². The molecule has 2 aromatic carbocycles. The highest BCUT2D eigenvalue weighted by Crippen LogP contribution is 2.35. The summed E-state index contributed by atoms with van der Waals surface area (Å²) in [6.07, 6.45) is 3.14. The van der Waals surface area contributed by atoms with Gasteiger partial charge in [0.05, 0.1) is 13.2 Å². The Morgan fingerprint density at radius 1 is 1.14 bits per heavy atom. The second-order valence-corrected chi connectivity index (χ2v) is 7.95. The number of benzene rings is 2. The maximum absolute atomic E-state index is 14.1. The van der Waals surface area contributed by atoms with Crippen LogP contribution < -0.4 is 10.1 Å². The van der Waals surface area contributed by atoms with Crippen LogP contribution in [-0.2, 0) is 41.1 Å². The molecule has 5 rings (SSSR count). The number of nitrogens with zero attached hydrogens (tertiary/aromatic N) is 1. The van der Waals surface area contributed by atoms with E-state index in [9.17, 15) is 14.0 Å². The van der Waals surface area contributed by atoms with Crippen molar-refractivity contribution in [1.29, 1.82) is 0 Å². The average Bonchev–Trinajstić information content (AvgIpc) is 3.26. The third-order valence-electron chi connectivity index (χ3n) is 6.03. The predicted octanol–water partition coefficient (Wildman–Crippen LogP) is 3.15. The van der Waals surface area contributed by atoms with E-state index in [-0.39, 0.29) is 25.9 Å². The van der Waals surface area contributed by atoms with Gasteiger partial charge in [-0.2, -0.15) is 0 Å². The molecule has 1 atom stereocenters. The third-order valence-corrected chi connectivity index (χ3v) is 6.03. The summed E-state index contributed by atoms with van der Waals surface area (Å²) in [5, 5.41) is 2.83. The first-order chi connectivity index (χ1) is 14.0. The van der Waals surface area contributed by atoms with Crippen molar-refractivity contribution in [2.24, 2.45) is 0 Å². The molecule has 1 aliphatic carbocycles. The first-order valence-corrected chi connectivity index (χ1v) is 9.74. The standard InChI is InChI=1S/C22H21FN2O4/c1-22(17-6-5-13-3-2-4-14(13)7-17)20(26)25(21(27)24-22)10-15-8-18(23)9-16-11-28-12-29-19(15)16/h5-9H,2-4,10-12H2,1H3,(H,24,27). The summed E-state index contributed by atoms with van der Waals surface area (Å²) in [6, 6.07) is 8.13. The molecular formula is C22H21FN2O4. The number of nitrogens with one attached hydrogen (secondary N) is 1. The summed E-state index contributed by atoms with van der Waals surface area (Å²) in [5.41, 5.74) is 3.18. The molecule has 1 fully saturated rings. The van der Waals surface area contributed by atoms with Crippen LogP contribution in [0.15, 0.2) is 30.3 Å². The Kier molecular flexibility index (Phi) is 4.10. The highest BCUT2D eigenvalue weighted by Gasteiger charge is 2.49. The molecular weight excluding hydrogens is 375 g/mol. The molecule has 7 heteroatoms. The van der Waals surface area contributed by atoms with E-state index in [0.29, 0.717) is 16.9 Å². The van der Waals surface area contributed by atoms with Crippen LogP contribution in [0, 0.1) is 5.82 Å². The summed E-state index contributed by atoms with van der Waals surface area (Å²) in [5.74, 6) is -0.337. The largest absolute Gasteiger partial charge is 0.467 e. The third kappa shape index (κ3) is 2.88. The molecule has 0 radical (unpaired) electrons. The van der Waals surface area contributed by atoms with Gasteiger partial charge < -0.3 is 14.8 Å². The number of hydrogen-bond donors (Lipinski definition) is 1. The number of halogens is 1. The summed E-state index contributed by atoms with van der Waals surface area (Å²) < 4.78 is 24.8. The number of rotatable bonds is 3. The number of hydrogen-bond acceptors (Lipinski definition) is 4. The minimum absolute atomic E-state index is 0.0542. The topological polar surface area (TPSA) is 67.9 Å². The molecule has 1 saturated heterocycles. The molecule has 2 heterocycles. The Hall–Kier alpha value is -2.93. The molecule has 6 nitrogen and oxygen atoms in total. The van der Waals surface area contributed by atoms with E-state index in [1.54, 1.807) is 6.92 Å². The van der Waals surface area contributed by atoms with Crippen molar-refractivity contribution in [2.75, 3.05) is 6.79 Å². The lowest BCUT2D eigenvalue weighted by Gasteiger charge is -2.24. The number of aryl methyl sites for hydroxylation is 2. The van der Waals surface area contributed by atoms with Gasteiger partial charge in [-0.15, -0.1) is 0 Å². The van der Waals surface area contributed by atoms with Crippen molar-refractivity contribution in [3.63, 3.8) is 0 Å². The molecule has 0 spiro atoms. The maximum Gasteiger partial charge on any atom is 0.325 e. The van der Waals surface area contributed by atoms with Gasteiger partial charge in [-0.05, 0) is 55.0 Å². The van der Waals surface area contributed by atoms with Crippen molar-refractivity contribution in [1.82, 2.24) is 10.2 Å². The van der Waals surface area contributed by atoms with Crippen LogP contribution in [0.2, 0.25) is 0 Å². The van der Waals surface area contributed by atoms with E-state index in [4.69, 9.17) is 9.47 Å². The van der Waals surface area contributed by atoms with Crippen molar-refractivity contribution in [2.45, 2.75) is 44.9 Å². The second-order valence-electron chi connectivity index (χ2n) is 7.95. The van der Waals surface area contributed by atoms with Crippen molar-refractivity contribution in [3.05, 3.63) is 64.0 Å². The van der Waals surface area contributed by atoms with Crippen molar-refractivity contribution < 1.29 is 23.5 Å². The van der Waals surface area contributed by atoms with E-state index >= 15 is 0 Å². The molecule has 1 N–H and O–H groups in total. The van der Waals surface area contributed by atoms with E-state index in [1.807, 2.05) is 18.2 Å². The Bertz CT molecular complexity index is 1040. The number of urea groups is 1. The fourth-order valence-corrected chi connectivity index (χ4v) is 4.46. The number of amides is 3. The van der Waals surface area contributed by atoms with Gasteiger partial charge in [-0.1, -0.05) is 18.2 Å². The lowest BCUT2D eigenvalue weighted by molar-refractivity contribution is -0.131. The number of carbonyl (C=O) groups excluding carboxylic acids is 2. The molecule has 3 amide bonds. The van der Waals surface area contributed by atoms with Gasteiger partial charge in [0, 0.05) is 11.1 Å². The number of imide groups is 1. The van der Waals surface area contributed by atoms with Gasteiger partial charge in [0.1, 0.15) is 17.1 Å². The molecule has 0 aromatic heterocycles. The summed E-state index contributed by atoms with van der Waals surface area (Å²) in [6.45, 7) is 1.94. The van der Waals surface area contributed by atoms with Crippen LogP contribution in [0.25, 0.3) is 0 Å². The highest BCUT2D eigenvalue weighted by atomic mass is 19.1. The zero-order chi connectivity index (χ0) is 20.2. The minimum Gasteiger partial charge on any atom is -0.467 e. The average molecular weight is 396 g/mol. The van der Waals surface area contributed by atoms with Crippen molar-refractivity contribution in [3.8, 4) is 5.75 Å². The number of ether oxygens (including phenoxy) is 2. The van der Waals surface area contributed by atoms with Crippen LogP contribution in [0.5, 0.6) is 5.75 Å². The van der Waals surface area contributed by atoms with Gasteiger partial charge in [0.15, 0.2) is 6.79 Å². The molecule has 1 unspecified atom stereocenters. The zero-order valence-electron chi connectivity index (χ0n) is 16.1. The fourth-order valence-electron chi connectivity index (χ4n) is 4.46. The first kappa shape index (κ1) is 18.1. The lowest BCUT2D eigenvalue weighted by atomic mass is 9.89. The minimum atomic E-state index is -1.15. The van der Waals surface area contributed by atoms with E-state index in [1.165, 1.54) is 23.3 Å². The summed E-state index contributed by atoms with van der Waals surface area (Å²) in [4.78, 5) is 27.1. The maximum atomic E-state index is 14.1. The second kappa shape index (κ2) is 6.56. The van der Waals surface area contributed by atoms with E-state index in [2.05, 4.69) is 5.32 Å². The smallest absolute Gasteiger partial charge is 0.325 e. The van der Waals surface area contributed by atoms with Crippen LogP contribution in [0.3, 0.4) is 0 Å². The molecule has 0 bridgehead atoms. The Labute approximate surface area is 167 Å². The van der Waals surface area contributed by atoms with Crippen LogP contribution in [0.4, 0.5) is 9.18 Å². The molecule has 2 aromatic rings. The van der Waals surface area contributed by atoms with Crippen LogP contribution >= 0.6 is 0 Å². The number of fused-ring (bicyclic) bond motifs is 2. The normalized spacial score (nSPS) is 22.9. The highest BCUT2D eigenvalue weighted by molar-refractivity contribution is 6.07. The zero-order valence-corrected chi connectivity index (χ0v) is 16.1. The summed E-state index contributed by atoms with van der Waals surface area (Å²) >= 11 is 0.